The van der Waals surface area contributed by atoms with E-state index in [0.29, 0.717) is 32.6 Å². The molecule has 3 amide bonds. The Kier molecular flexibility index (Phi) is 4.94. The zero-order chi connectivity index (χ0) is 19.6. The van der Waals surface area contributed by atoms with E-state index >= 15 is 0 Å². The number of likely N-dealkylation sites (tertiary alicyclic amines) is 1. The first-order valence-electron chi connectivity index (χ1n) is 9.60. The van der Waals surface area contributed by atoms with E-state index in [-0.39, 0.29) is 17.4 Å². The van der Waals surface area contributed by atoms with Gasteiger partial charge in [0.15, 0.2) is 0 Å². The lowest BCUT2D eigenvalue weighted by Gasteiger charge is -2.24. The number of carbonyl (C=O) groups excluding carboxylic acids is 2. The highest BCUT2D eigenvalue weighted by molar-refractivity contribution is 5.96. The fourth-order valence-electron chi connectivity index (χ4n) is 4.18. The number of anilines is 1. The Labute approximate surface area is 165 Å². The van der Waals surface area contributed by atoms with Gasteiger partial charge < -0.3 is 19.9 Å². The molecule has 0 bridgehead atoms. The van der Waals surface area contributed by atoms with Crippen molar-refractivity contribution in [3.8, 4) is 5.75 Å². The van der Waals surface area contributed by atoms with E-state index in [4.69, 9.17) is 4.74 Å². The van der Waals surface area contributed by atoms with Gasteiger partial charge in [0.25, 0.3) is 0 Å². The van der Waals surface area contributed by atoms with Gasteiger partial charge in [-0.05, 0) is 24.1 Å². The molecular weight excluding hydrogens is 354 g/mol. The second-order valence-electron chi connectivity index (χ2n) is 7.67. The van der Waals surface area contributed by atoms with Gasteiger partial charge in [-0.3, -0.25) is 4.79 Å². The summed E-state index contributed by atoms with van der Waals surface area (Å²) in [5, 5.41) is 2.99. The van der Waals surface area contributed by atoms with Gasteiger partial charge in [0.05, 0.1) is 7.11 Å². The minimum absolute atomic E-state index is 0.0620. The van der Waals surface area contributed by atoms with Crippen molar-refractivity contribution in [2.24, 2.45) is 5.41 Å². The van der Waals surface area contributed by atoms with Crippen LogP contribution in [0, 0.1) is 5.41 Å². The Morgan fingerprint density at radius 1 is 1.14 bits per heavy atom. The molecule has 1 N–H and O–H groups in total. The van der Waals surface area contributed by atoms with E-state index in [1.807, 2.05) is 64.4 Å². The average Bonchev–Trinajstić information content (AvgIpc) is 3.29. The fourth-order valence-corrected chi connectivity index (χ4v) is 4.18. The number of rotatable bonds is 4. The van der Waals surface area contributed by atoms with Crippen molar-refractivity contribution in [1.29, 1.82) is 0 Å². The summed E-state index contributed by atoms with van der Waals surface area (Å²) in [6, 6.07) is 17.4. The summed E-state index contributed by atoms with van der Waals surface area (Å²) in [4.78, 5) is 28.9. The SMILES string of the molecule is COc1cccc(N2CC3(CCN(C(=O)NCc4ccccc4)C3)CC2=O)c1. The number of hydrogen-bond acceptors (Lipinski definition) is 3. The Balaban J connectivity index is 1.39. The van der Waals surface area contributed by atoms with Crippen LogP contribution in [0.5, 0.6) is 5.75 Å². The molecule has 2 saturated heterocycles. The largest absolute Gasteiger partial charge is 0.497 e. The van der Waals surface area contributed by atoms with Crippen molar-refractivity contribution in [3.63, 3.8) is 0 Å². The molecule has 0 radical (unpaired) electrons. The van der Waals surface area contributed by atoms with Crippen molar-refractivity contribution in [3.05, 3.63) is 60.2 Å². The summed E-state index contributed by atoms with van der Waals surface area (Å²) in [6.45, 7) is 2.44. The van der Waals surface area contributed by atoms with Crippen molar-refractivity contribution in [1.82, 2.24) is 10.2 Å². The summed E-state index contributed by atoms with van der Waals surface area (Å²) >= 11 is 0. The van der Waals surface area contributed by atoms with E-state index in [9.17, 15) is 9.59 Å². The zero-order valence-corrected chi connectivity index (χ0v) is 16.1. The van der Waals surface area contributed by atoms with E-state index in [1.54, 1.807) is 7.11 Å². The predicted octanol–water partition coefficient (Wildman–Crippen LogP) is 3.03. The first kappa shape index (κ1) is 18.3. The van der Waals surface area contributed by atoms with E-state index in [1.165, 1.54) is 0 Å². The predicted molar refractivity (Wildman–Crippen MR) is 107 cm³/mol. The molecule has 2 heterocycles. The monoisotopic (exact) mass is 379 g/mol. The van der Waals surface area contributed by atoms with Crippen LogP contribution in [0.4, 0.5) is 10.5 Å². The Morgan fingerprint density at radius 3 is 2.75 bits per heavy atom. The molecule has 1 spiro atoms. The summed E-state index contributed by atoms with van der Waals surface area (Å²) in [5.41, 5.74) is 1.77. The highest BCUT2D eigenvalue weighted by Crippen LogP contribution is 2.42. The number of ether oxygens (including phenoxy) is 1. The third-order valence-electron chi connectivity index (χ3n) is 5.70. The lowest BCUT2D eigenvalue weighted by molar-refractivity contribution is -0.117. The maximum Gasteiger partial charge on any atom is 0.317 e. The second-order valence-corrected chi connectivity index (χ2v) is 7.67. The van der Waals surface area contributed by atoms with Gasteiger partial charge in [0.1, 0.15) is 5.75 Å². The molecule has 1 unspecified atom stereocenters. The molecule has 0 aliphatic carbocycles. The van der Waals surface area contributed by atoms with Crippen LogP contribution in [0.2, 0.25) is 0 Å². The molecule has 0 aromatic heterocycles. The summed E-state index contributed by atoms with van der Waals surface area (Å²) in [7, 11) is 1.62. The van der Waals surface area contributed by atoms with Gasteiger partial charge in [-0.25, -0.2) is 4.79 Å². The molecule has 1 atom stereocenters. The first-order chi connectivity index (χ1) is 13.6. The Bertz CT molecular complexity index is 870. The zero-order valence-electron chi connectivity index (χ0n) is 16.1. The molecular formula is C22H25N3O3. The minimum Gasteiger partial charge on any atom is -0.497 e. The normalized spacial score (nSPS) is 21.4. The number of nitrogens with zero attached hydrogens (tertiary/aromatic N) is 2. The molecule has 6 nitrogen and oxygen atoms in total. The van der Waals surface area contributed by atoms with E-state index in [0.717, 1.165) is 23.4 Å². The van der Waals surface area contributed by atoms with Gasteiger partial charge in [-0.1, -0.05) is 36.4 Å². The van der Waals surface area contributed by atoms with E-state index < -0.39 is 0 Å². The number of carbonyl (C=O) groups is 2. The molecule has 2 fully saturated rings. The lowest BCUT2D eigenvalue weighted by Crippen LogP contribution is -2.40. The molecule has 2 aliphatic heterocycles. The third kappa shape index (κ3) is 3.67. The van der Waals surface area contributed by atoms with Crippen LogP contribution in [-0.2, 0) is 11.3 Å². The van der Waals surface area contributed by atoms with Gasteiger partial charge in [0, 0.05) is 49.8 Å². The first-order valence-corrected chi connectivity index (χ1v) is 9.60. The van der Waals surface area contributed by atoms with Crippen molar-refractivity contribution < 1.29 is 14.3 Å². The molecule has 6 heteroatoms. The maximum atomic E-state index is 12.7. The molecule has 2 aromatic carbocycles. The lowest BCUT2D eigenvalue weighted by atomic mass is 9.86. The molecule has 28 heavy (non-hydrogen) atoms. The van der Waals surface area contributed by atoms with Crippen LogP contribution >= 0.6 is 0 Å². The van der Waals surface area contributed by atoms with Crippen LogP contribution in [0.3, 0.4) is 0 Å². The smallest absolute Gasteiger partial charge is 0.317 e. The highest BCUT2D eigenvalue weighted by Gasteiger charge is 2.48. The van der Waals surface area contributed by atoms with Crippen LogP contribution in [0.15, 0.2) is 54.6 Å². The second kappa shape index (κ2) is 7.54. The molecule has 2 aromatic rings. The summed E-state index contributed by atoms with van der Waals surface area (Å²) in [5.74, 6) is 0.847. The fraction of sp³-hybridized carbons (Fsp3) is 0.364. The summed E-state index contributed by atoms with van der Waals surface area (Å²) in [6.07, 6.45) is 1.32. The van der Waals surface area contributed by atoms with Gasteiger partial charge in [-0.15, -0.1) is 0 Å². The van der Waals surface area contributed by atoms with E-state index in [2.05, 4.69) is 5.32 Å². The van der Waals surface area contributed by atoms with Gasteiger partial charge >= 0.3 is 6.03 Å². The number of hydrogen-bond donors (Lipinski definition) is 1. The Morgan fingerprint density at radius 2 is 1.96 bits per heavy atom. The molecule has 0 saturated carbocycles. The third-order valence-corrected chi connectivity index (χ3v) is 5.70. The van der Waals surface area contributed by atoms with Gasteiger partial charge in [-0.2, -0.15) is 0 Å². The van der Waals surface area contributed by atoms with Crippen LogP contribution in [0.25, 0.3) is 0 Å². The van der Waals surface area contributed by atoms with Crippen LogP contribution < -0.4 is 15.0 Å². The molecule has 2 aliphatic rings. The van der Waals surface area contributed by atoms with Crippen molar-refractivity contribution in [2.45, 2.75) is 19.4 Å². The number of nitrogens with one attached hydrogen (secondary N) is 1. The van der Waals surface area contributed by atoms with Crippen LogP contribution in [-0.4, -0.2) is 43.6 Å². The standard InChI is InChI=1S/C22H25N3O3/c1-28-19-9-5-8-18(12-19)25-16-22(13-20(25)26)10-11-24(15-22)21(27)23-14-17-6-3-2-4-7-17/h2-9,12H,10-11,13-16H2,1H3,(H,23,27). The summed E-state index contributed by atoms with van der Waals surface area (Å²) < 4.78 is 5.28. The Hall–Kier alpha value is -3.02. The van der Waals surface area contributed by atoms with Gasteiger partial charge in [0.2, 0.25) is 5.91 Å². The number of amides is 3. The van der Waals surface area contributed by atoms with Crippen molar-refractivity contribution in [2.75, 3.05) is 31.6 Å². The average molecular weight is 379 g/mol. The number of urea groups is 1. The molecule has 4 rings (SSSR count). The minimum atomic E-state index is -0.162. The molecule has 146 valence electrons. The topological polar surface area (TPSA) is 61.9 Å². The number of benzene rings is 2. The quantitative estimate of drug-likeness (QED) is 0.888. The number of methoxy groups -OCH3 is 1. The maximum absolute atomic E-state index is 12.7. The van der Waals surface area contributed by atoms with Crippen LogP contribution in [0.1, 0.15) is 18.4 Å². The highest BCUT2D eigenvalue weighted by atomic mass is 16.5. The van der Waals surface area contributed by atoms with Crippen molar-refractivity contribution >= 4 is 17.6 Å².